The fourth-order valence-electron chi connectivity index (χ4n) is 3.30. The van der Waals surface area contributed by atoms with E-state index in [4.69, 9.17) is 0 Å². The normalized spacial score (nSPS) is 12.8. The predicted molar refractivity (Wildman–Crippen MR) is 97.3 cm³/mol. The van der Waals surface area contributed by atoms with Crippen LogP contribution in [0.3, 0.4) is 0 Å². The number of halogens is 2. The van der Waals surface area contributed by atoms with Gasteiger partial charge in [0.15, 0.2) is 5.82 Å². The molecule has 2 aromatic carbocycles. The zero-order valence-electron chi connectivity index (χ0n) is 14.9. The molecule has 3 aromatic rings. The van der Waals surface area contributed by atoms with E-state index in [0.29, 0.717) is 39.2 Å². The highest BCUT2D eigenvalue weighted by Crippen LogP contribution is 2.28. The van der Waals surface area contributed by atoms with Crippen molar-refractivity contribution in [2.45, 2.75) is 26.8 Å². The molecule has 0 fully saturated rings. The Morgan fingerprint density at radius 2 is 1.81 bits per heavy atom. The number of hydrogen-bond acceptors (Lipinski definition) is 3. The van der Waals surface area contributed by atoms with Gasteiger partial charge >= 0.3 is 0 Å². The summed E-state index contributed by atoms with van der Waals surface area (Å²) in [6.45, 7) is 3.74. The van der Waals surface area contributed by atoms with Gasteiger partial charge in [-0.1, -0.05) is 24.3 Å². The van der Waals surface area contributed by atoms with Crippen LogP contribution in [0.1, 0.15) is 38.4 Å². The number of rotatable bonds is 3. The van der Waals surface area contributed by atoms with E-state index in [1.54, 1.807) is 38.1 Å². The molecular formula is C21H17F2N3O. The summed E-state index contributed by atoms with van der Waals surface area (Å²) >= 11 is 0. The van der Waals surface area contributed by atoms with Crippen LogP contribution in [0.15, 0.2) is 36.4 Å². The highest BCUT2D eigenvalue weighted by Gasteiger charge is 2.27. The van der Waals surface area contributed by atoms with Gasteiger partial charge in [-0.2, -0.15) is 0 Å². The van der Waals surface area contributed by atoms with E-state index in [0.717, 1.165) is 0 Å². The number of carbonyl (C=O) groups excluding carboxylic acids is 1. The third kappa shape index (κ3) is 3.07. The maximum Gasteiger partial charge on any atom is 0.255 e. The van der Waals surface area contributed by atoms with Crippen molar-refractivity contribution in [3.05, 3.63) is 81.7 Å². The number of nitrogens with zero attached hydrogens (tertiary/aromatic N) is 2. The average Bonchev–Trinajstić information content (AvgIpc) is 2.99. The first-order valence-corrected chi connectivity index (χ1v) is 8.62. The van der Waals surface area contributed by atoms with Gasteiger partial charge < -0.3 is 5.32 Å². The summed E-state index contributed by atoms with van der Waals surface area (Å²) in [4.78, 5) is 21.2. The van der Waals surface area contributed by atoms with Crippen molar-refractivity contribution < 1.29 is 13.6 Å². The molecule has 0 unspecified atom stereocenters. The fourth-order valence-corrected chi connectivity index (χ4v) is 3.30. The Labute approximate surface area is 155 Å². The van der Waals surface area contributed by atoms with Crippen LogP contribution in [0.2, 0.25) is 0 Å². The lowest BCUT2D eigenvalue weighted by atomic mass is 10.0. The molecule has 1 aliphatic rings. The highest BCUT2D eigenvalue weighted by atomic mass is 19.1. The maximum absolute atomic E-state index is 14.4. The summed E-state index contributed by atoms with van der Waals surface area (Å²) in [5.74, 6) is -0.750. The Morgan fingerprint density at radius 1 is 1.00 bits per heavy atom. The number of nitrogens with one attached hydrogen (secondary N) is 1. The van der Waals surface area contributed by atoms with Crippen molar-refractivity contribution in [1.29, 1.82) is 0 Å². The molecule has 27 heavy (non-hydrogen) atoms. The molecule has 0 saturated carbocycles. The average molecular weight is 365 g/mol. The molecule has 2 heterocycles. The lowest BCUT2D eigenvalue weighted by molar-refractivity contribution is 0.0964. The van der Waals surface area contributed by atoms with E-state index in [1.807, 2.05) is 0 Å². The molecule has 6 heteroatoms. The Hall–Kier alpha value is -3.15. The van der Waals surface area contributed by atoms with Gasteiger partial charge in [-0.25, -0.2) is 18.7 Å². The number of amides is 1. The molecule has 0 atom stereocenters. The molecule has 136 valence electrons. The fraction of sp³-hybridized carbons (Fsp3) is 0.190. The molecule has 0 saturated heterocycles. The van der Waals surface area contributed by atoms with Crippen LogP contribution in [0.5, 0.6) is 0 Å². The zero-order valence-corrected chi connectivity index (χ0v) is 14.9. The van der Waals surface area contributed by atoms with Gasteiger partial charge in [0.05, 0.1) is 29.1 Å². The minimum atomic E-state index is -0.417. The number of hydrogen-bond donors (Lipinski definition) is 1. The van der Waals surface area contributed by atoms with E-state index >= 15 is 0 Å². The van der Waals surface area contributed by atoms with Crippen LogP contribution in [-0.4, -0.2) is 15.9 Å². The van der Waals surface area contributed by atoms with Gasteiger partial charge in [-0.3, -0.25) is 4.79 Å². The summed E-state index contributed by atoms with van der Waals surface area (Å²) < 4.78 is 28.3. The highest BCUT2D eigenvalue weighted by molar-refractivity contribution is 5.99. The molecule has 0 aliphatic carbocycles. The Morgan fingerprint density at radius 3 is 2.56 bits per heavy atom. The topological polar surface area (TPSA) is 54.9 Å². The standard InChI is InChI=1S/C21H17F2N3O/c1-11-6-7-13(8-15(11)23)9-16-19-17(10-24-21(19)27)26-20(25-16)18-12(2)4-3-5-14(18)22/h3-8H,9-10H2,1-2H3,(H,24,27). The SMILES string of the molecule is Cc1ccc(Cc2nc(-c3c(C)cccc3F)nc3c2C(=O)NC3)cc1F. The van der Waals surface area contributed by atoms with Gasteiger partial charge in [0, 0.05) is 6.42 Å². The van der Waals surface area contributed by atoms with Crippen LogP contribution in [0.4, 0.5) is 8.78 Å². The Bertz CT molecular complexity index is 1060. The van der Waals surface area contributed by atoms with E-state index in [9.17, 15) is 13.6 Å². The first kappa shape index (κ1) is 17.3. The Kier molecular flexibility index (Phi) is 4.18. The van der Waals surface area contributed by atoms with Gasteiger partial charge in [0.1, 0.15) is 11.6 Å². The second-order valence-electron chi connectivity index (χ2n) is 6.69. The Balaban J connectivity index is 1.86. The minimum absolute atomic E-state index is 0.239. The number of aryl methyl sites for hydroxylation is 2. The summed E-state index contributed by atoms with van der Waals surface area (Å²) in [6.07, 6.45) is 0.260. The second kappa shape index (κ2) is 6.54. The molecule has 0 spiro atoms. The van der Waals surface area contributed by atoms with Crippen LogP contribution in [-0.2, 0) is 13.0 Å². The monoisotopic (exact) mass is 365 g/mol. The maximum atomic E-state index is 14.4. The van der Waals surface area contributed by atoms with Crippen molar-refractivity contribution in [2.24, 2.45) is 0 Å². The molecule has 4 rings (SSSR count). The number of benzene rings is 2. The van der Waals surface area contributed by atoms with Crippen molar-refractivity contribution in [3.63, 3.8) is 0 Å². The lowest BCUT2D eigenvalue weighted by Gasteiger charge is -2.11. The zero-order chi connectivity index (χ0) is 19.1. The predicted octanol–water partition coefficient (Wildman–Crippen LogP) is 3.87. The number of carbonyl (C=O) groups is 1. The minimum Gasteiger partial charge on any atom is -0.346 e. The van der Waals surface area contributed by atoms with E-state index in [1.165, 1.54) is 12.1 Å². The molecular weight excluding hydrogens is 348 g/mol. The van der Waals surface area contributed by atoms with Crippen molar-refractivity contribution in [1.82, 2.24) is 15.3 Å². The van der Waals surface area contributed by atoms with Crippen molar-refractivity contribution in [2.75, 3.05) is 0 Å². The van der Waals surface area contributed by atoms with Gasteiger partial charge in [0.25, 0.3) is 5.91 Å². The molecule has 0 bridgehead atoms. The van der Waals surface area contributed by atoms with Gasteiger partial charge in [-0.15, -0.1) is 0 Å². The van der Waals surface area contributed by atoms with Crippen LogP contribution in [0.25, 0.3) is 11.4 Å². The third-order valence-corrected chi connectivity index (χ3v) is 4.76. The smallest absolute Gasteiger partial charge is 0.255 e. The van der Waals surface area contributed by atoms with E-state index < -0.39 is 5.82 Å². The molecule has 1 amide bonds. The molecule has 1 aliphatic heterocycles. The molecule has 1 N–H and O–H groups in total. The van der Waals surface area contributed by atoms with E-state index in [-0.39, 0.29) is 30.5 Å². The lowest BCUT2D eigenvalue weighted by Crippen LogP contribution is -2.14. The van der Waals surface area contributed by atoms with Crippen molar-refractivity contribution >= 4 is 5.91 Å². The van der Waals surface area contributed by atoms with Gasteiger partial charge in [0.2, 0.25) is 0 Å². The summed E-state index contributed by atoms with van der Waals surface area (Å²) in [5.41, 5.74) is 3.66. The summed E-state index contributed by atoms with van der Waals surface area (Å²) in [5, 5.41) is 2.73. The van der Waals surface area contributed by atoms with Crippen molar-refractivity contribution in [3.8, 4) is 11.4 Å². The first-order valence-electron chi connectivity index (χ1n) is 8.62. The summed E-state index contributed by atoms with van der Waals surface area (Å²) in [7, 11) is 0. The molecule has 0 radical (unpaired) electrons. The first-order chi connectivity index (χ1) is 12.9. The van der Waals surface area contributed by atoms with Crippen LogP contribution < -0.4 is 5.32 Å². The van der Waals surface area contributed by atoms with Crippen LogP contribution in [0, 0.1) is 25.5 Å². The van der Waals surface area contributed by atoms with Crippen LogP contribution >= 0.6 is 0 Å². The number of aromatic nitrogens is 2. The molecule has 1 aromatic heterocycles. The third-order valence-electron chi connectivity index (χ3n) is 4.76. The number of fused-ring (bicyclic) bond motifs is 1. The summed E-state index contributed by atoms with van der Waals surface area (Å²) in [6, 6.07) is 9.69. The quantitative estimate of drug-likeness (QED) is 0.767. The second-order valence-corrected chi connectivity index (χ2v) is 6.69. The largest absolute Gasteiger partial charge is 0.346 e. The van der Waals surface area contributed by atoms with Gasteiger partial charge in [-0.05, 0) is 42.7 Å². The molecule has 4 nitrogen and oxygen atoms in total. The van der Waals surface area contributed by atoms with E-state index in [2.05, 4.69) is 15.3 Å².